The van der Waals surface area contributed by atoms with E-state index in [0.29, 0.717) is 33.6 Å². The van der Waals surface area contributed by atoms with Gasteiger partial charge in [0, 0.05) is 11.3 Å². The number of Topliss-reactive ketones (excluding diaryl/α,β-unsaturated/α-hetero) is 1. The first-order valence-electron chi connectivity index (χ1n) is 12.1. The number of amides is 1. The minimum atomic E-state index is -0.892. The lowest BCUT2D eigenvalue weighted by atomic mass is 9.95. The first-order chi connectivity index (χ1) is 18.5. The molecule has 1 unspecified atom stereocenters. The number of anilines is 1. The number of aliphatic hydroxyl groups is 1. The van der Waals surface area contributed by atoms with E-state index in [-0.39, 0.29) is 16.5 Å². The highest BCUT2D eigenvalue weighted by molar-refractivity contribution is 8.00. The number of ketones is 1. The van der Waals surface area contributed by atoms with E-state index in [0.717, 1.165) is 11.1 Å². The van der Waals surface area contributed by atoms with Crippen LogP contribution in [0.2, 0.25) is 0 Å². The van der Waals surface area contributed by atoms with Crippen LogP contribution in [-0.4, -0.2) is 33.6 Å². The fourth-order valence-electron chi connectivity index (χ4n) is 4.23. The number of hydrogen-bond acceptors (Lipinski definition) is 8. The van der Waals surface area contributed by atoms with Crippen LogP contribution in [0.4, 0.5) is 5.13 Å². The largest absolute Gasteiger partial charge is 0.507 e. The quantitative estimate of drug-likeness (QED) is 0.0935. The average Bonchev–Trinajstić information content (AvgIpc) is 3.50. The van der Waals surface area contributed by atoms with E-state index in [2.05, 4.69) is 10.2 Å². The Bertz CT molecular complexity index is 1500. The maximum atomic E-state index is 13.4. The van der Waals surface area contributed by atoms with Gasteiger partial charge in [0.2, 0.25) is 5.13 Å². The van der Waals surface area contributed by atoms with Gasteiger partial charge in [-0.2, -0.15) is 0 Å². The molecule has 2 heterocycles. The summed E-state index contributed by atoms with van der Waals surface area (Å²) >= 11 is 2.74. The third-order valence-electron chi connectivity index (χ3n) is 6.06. The van der Waals surface area contributed by atoms with E-state index in [9.17, 15) is 14.7 Å². The summed E-state index contributed by atoms with van der Waals surface area (Å²) in [5.74, 6) is -0.477. The van der Waals surface area contributed by atoms with Crippen LogP contribution in [0.25, 0.3) is 5.76 Å². The van der Waals surface area contributed by atoms with Crippen LogP contribution in [0, 0.1) is 6.92 Å². The second-order valence-corrected chi connectivity index (χ2v) is 10.8. The van der Waals surface area contributed by atoms with Crippen LogP contribution in [-0.2, 0) is 15.3 Å². The van der Waals surface area contributed by atoms with Gasteiger partial charge < -0.3 is 9.84 Å². The Hall–Kier alpha value is -3.95. The van der Waals surface area contributed by atoms with Crippen LogP contribution in [0.15, 0.2) is 88.8 Å². The number of hydrogen-bond donors (Lipinski definition) is 1. The van der Waals surface area contributed by atoms with Crippen molar-refractivity contribution in [2.75, 3.05) is 11.5 Å². The molecule has 4 aromatic rings. The zero-order valence-electron chi connectivity index (χ0n) is 20.8. The van der Waals surface area contributed by atoms with Crippen molar-refractivity contribution < 1.29 is 19.4 Å². The molecule has 1 aliphatic heterocycles. The van der Waals surface area contributed by atoms with Crippen molar-refractivity contribution in [2.24, 2.45) is 0 Å². The predicted octanol–water partition coefficient (Wildman–Crippen LogP) is 6.16. The van der Waals surface area contributed by atoms with E-state index in [1.54, 1.807) is 30.3 Å². The monoisotopic (exact) mass is 543 g/mol. The van der Waals surface area contributed by atoms with Crippen molar-refractivity contribution in [3.8, 4) is 5.75 Å². The Balaban J connectivity index is 1.56. The first-order valence-corrected chi connectivity index (χ1v) is 13.9. The number of aliphatic hydroxyl groups excluding tert-OH is 1. The molecule has 1 aliphatic rings. The molecule has 192 valence electrons. The molecule has 0 radical (unpaired) electrons. The number of aromatic nitrogens is 2. The number of aryl methyl sites for hydroxylation is 1. The summed E-state index contributed by atoms with van der Waals surface area (Å²) in [5.41, 5.74) is 3.23. The van der Waals surface area contributed by atoms with Crippen molar-refractivity contribution in [1.29, 1.82) is 0 Å². The third kappa shape index (κ3) is 5.20. The average molecular weight is 544 g/mol. The molecule has 7 nitrogen and oxygen atoms in total. The Morgan fingerprint density at radius 3 is 2.53 bits per heavy atom. The minimum absolute atomic E-state index is 0.00110. The van der Waals surface area contributed by atoms with Gasteiger partial charge in [-0.05, 0) is 37.1 Å². The van der Waals surface area contributed by atoms with Gasteiger partial charge in [-0.15, -0.1) is 10.2 Å². The van der Waals surface area contributed by atoms with Gasteiger partial charge in [0.05, 0.1) is 18.2 Å². The van der Waals surface area contributed by atoms with Gasteiger partial charge >= 0.3 is 5.91 Å². The third-order valence-corrected chi connectivity index (χ3v) is 8.19. The number of carbonyl (C=O) groups is 2. The molecule has 38 heavy (non-hydrogen) atoms. The zero-order chi connectivity index (χ0) is 26.6. The minimum Gasteiger partial charge on any atom is -0.507 e. The Kier molecular flexibility index (Phi) is 7.57. The number of carbonyl (C=O) groups excluding carboxylic acids is 2. The van der Waals surface area contributed by atoms with Gasteiger partial charge in [0.25, 0.3) is 5.78 Å². The highest BCUT2D eigenvalue weighted by Gasteiger charge is 2.48. The summed E-state index contributed by atoms with van der Waals surface area (Å²) in [4.78, 5) is 28.1. The molecule has 1 amide bonds. The summed E-state index contributed by atoms with van der Waals surface area (Å²) in [5, 5.41) is 20.1. The summed E-state index contributed by atoms with van der Waals surface area (Å²) in [7, 11) is 0. The lowest BCUT2D eigenvalue weighted by Crippen LogP contribution is -2.29. The van der Waals surface area contributed by atoms with Crippen LogP contribution >= 0.6 is 23.1 Å². The molecule has 1 atom stereocenters. The molecular weight excluding hydrogens is 518 g/mol. The van der Waals surface area contributed by atoms with E-state index in [4.69, 9.17) is 4.74 Å². The highest BCUT2D eigenvalue weighted by Crippen LogP contribution is 2.44. The highest BCUT2D eigenvalue weighted by atomic mass is 32.2. The second kappa shape index (κ2) is 11.2. The van der Waals surface area contributed by atoms with Gasteiger partial charge in [0.15, 0.2) is 4.34 Å². The molecule has 0 saturated carbocycles. The van der Waals surface area contributed by atoms with Crippen LogP contribution in [0.3, 0.4) is 0 Å². The molecule has 3 aromatic carbocycles. The fourth-order valence-corrected chi connectivity index (χ4v) is 6.05. The number of nitrogens with zero attached hydrogens (tertiary/aromatic N) is 3. The Labute approximate surface area is 228 Å². The van der Waals surface area contributed by atoms with Crippen molar-refractivity contribution in [1.82, 2.24) is 10.2 Å². The standard InChI is InChI=1S/C29H25N3O4S2/c1-3-36-22-11-7-10-21(16-22)24-23(25(33)20-14-12-18(2)13-15-20)26(34)27(35)32(24)28-30-31-29(38-28)37-17-19-8-5-4-6-9-19/h4-16,24,33H,3,17H2,1-2H3. The van der Waals surface area contributed by atoms with Gasteiger partial charge in [0.1, 0.15) is 11.5 Å². The molecule has 1 fully saturated rings. The summed E-state index contributed by atoms with van der Waals surface area (Å²) in [6.45, 7) is 4.28. The molecule has 1 aromatic heterocycles. The van der Waals surface area contributed by atoms with Gasteiger partial charge in [-0.1, -0.05) is 95.4 Å². The maximum Gasteiger partial charge on any atom is 0.301 e. The van der Waals surface area contributed by atoms with Gasteiger partial charge in [-0.3, -0.25) is 14.5 Å². The molecule has 0 spiro atoms. The number of thioether (sulfide) groups is 1. The molecule has 1 saturated heterocycles. The summed E-state index contributed by atoms with van der Waals surface area (Å²) in [6.07, 6.45) is 0. The van der Waals surface area contributed by atoms with E-state index < -0.39 is 17.7 Å². The van der Waals surface area contributed by atoms with E-state index in [1.807, 2.05) is 62.4 Å². The summed E-state index contributed by atoms with van der Waals surface area (Å²) < 4.78 is 6.35. The fraction of sp³-hybridized carbons (Fsp3) is 0.172. The first kappa shape index (κ1) is 25.7. The van der Waals surface area contributed by atoms with E-state index in [1.165, 1.54) is 28.0 Å². The summed E-state index contributed by atoms with van der Waals surface area (Å²) in [6, 6.07) is 23.4. The second-order valence-electron chi connectivity index (χ2n) is 8.67. The molecular formula is C29H25N3O4S2. The normalized spacial score (nSPS) is 16.7. The zero-order valence-corrected chi connectivity index (χ0v) is 22.5. The molecule has 5 rings (SSSR count). The SMILES string of the molecule is CCOc1cccc(C2C(=C(O)c3ccc(C)cc3)C(=O)C(=O)N2c2nnc(SCc3ccccc3)s2)c1. The van der Waals surface area contributed by atoms with Crippen LogP contribution in [0.5, 0.6) is 5.75 Å². The predicted molar refractivity (Wildman–Crippen MR) is 149 cm³/mol. The van der Waals surface area contributed by atoms with Crippen LogP contribution < -0.4 is 9.64 Å². The van der Waals surface area contributed by atoms with Crippen molar-refractivity contribution in [2.45, 2.75) is 30.0 Å². The van der Waals surface area contributed by atoms with Crippen LogP contribution in [0.1, 0.15) is 35.2 Å². The Morgan fingerprint density at radius 1 is 1.03 bits per heavy atom. The molecule has 1 N–H and O–H groups in total. The van der Waals surface area contributed by atoms with Crippen molar-refractivity contribution in [3.05, 3.63) is 107 Å². The number of benzene rings is 3. The Morgan fingerprint density at radius 2 is 1.79 bits per heavy atom. The maximum absolute atomic E-state index is 13.4. The lowest BCUT2D eigenvalue weighted by Gasteiger charge is -2.23. The number of ether oxygens (including phenoxy) is 1. The van der Waals surface area contributed by atoms with Crippen molar-refractivity contribution in [3.63, 3.8) is 0 Å². The van der Waals surface area contributed by atoms with Gasteiger partial charge in [-0.25, -0.2) is 0 Å². The lowest BCUT2D eigenvalue weighted by molar-refractivity contribution is -0.132. The number of rotatable bonds is 8. The smallest absolute Gasteiger partial charge is 0.301 e. The van der Waals surface area contributed by atoms with Crippen molar-refractivity contribution >= 4 is 45.7 Å². The molecule has 0 bridgehead atoms. The molecule has 0 aliphatic carbocycles. The van der Waals surface area contributed by atoms with E-state index >= 15 is 0 Å². The topological polar surface area (TPSA) is 92.6 Å². The molecule has 9 heteroatoms.